The molecule has 1 amide bonds. The minimum Gasteiger partial charge on any atom is -0.497 e. The largest absolute Gasteiger partial charge is 0.497 e. The number of halogens is 3. The Morgan fingerprint density at radius 2 is 1.73 bits per heavy atom. The van der Waals surface area contributed by atoms with Crippen LogP contribution in [-0.2, 0) is 10.0 Å². The van der Waals surface area contributed by atoms with E-state index >= 15 is 0 Å². The van der Waals surface area contributed by atoms with E-state index in [0.29, 0.717) is 17.0 Å². The molecule has 0 bridgehead atoms. The Labute approximate surface area is 192 Å². The monoisotopic (exact) mass is 497 g/mol. The number of sulfonamides is 1. The highest BCUT2D eigenvalue weighted by Crippen LogP contribution is 2.37. The molecule has 0 atom stereocenters. The summed E-state index contributed by atoms with van der Waals surface area (Å²) in [5.74, 6) is -0.303. The smallest absolute Gasteiger partial charge is 0.447 e. The van der Waals surface area contributed by atoms with Gasteiger partial charge in [-0.15, -0.1) is 0 Å². The van der Waals surface area contributed by atoms with Gasteiger partial charge in [0.1, 0.15) is 10.8 Å². The summed E-state index contributed by atoms with van der Waals surface area (Å²) in [5.41, 5.74) is -4.12. The zero-order valence-electron chi connectivity index (χ0n) is 17.3. The van der Waals surface area contributed by atoms with E-state index in [2.05, 4.69) is 15.0 Å². The highest BCUT2D eigenvalue weighted by atomic mass is 32.2. The zero-order valence-corrected chi connectivity index (χ0v) is 18.9. The first-order valence-corrected chi connectivity index (χ1v) is 11.6. The Hall–Kier alpha value is -3.25. The van der Waals surface area contributed by atoms with Gasteiger partial charge < -0.3 is 10.1 Å². The summed E-state index contributed by atoms with van der Waals surface area (Å²) in [6, 6.07) is 12.9. The predicted molar refractivity (Wildman–Crippen MR) is 119 cm³/mol. The summed E-state index contributed by atoms with van der Waals surface area (Å²) < 4.78 is 71.6. The first-order valence-electron chi connectivity index (χ1n) is 9.28. The molecule has 3 rings (SSSR count). The predicted octanol–water partition coefficient (Wildman–Crippen LogP) is 5.06. The molecule has 1 aromatic heterocycles. The number of nitrogens with one attached hydrogen (secondary N) is 2. The molecule has 3 aromatic rings. The highest BCUT2D eigenvalue weighted by Gasteiger charge is 2.32. The number of carbonyl (C=O) groups excluding carboxylic acids is 1. The zero-order chi connectivity index (χ0) is 24.2. The highest BCUT2D eigenvalue weighted by molar-refractivity contribution is 8.00. The average molecular weight is 498 g/mol. The fourth-order valence-electron chi connectivity index (χ4n) is 2.79. The van der Waals surface area contributed by atoms with Gasteiger partial charge in [0.15, 0.2) is 0 Å². The van der Waals surface area contributed by atoms with Gasteiger partial charge in [-0.05, 0) is 61.0 Å². The van der Waals surface area contributed by atoms with Crippen LogP contribution in [-0.4, -0.2) is 31.9 Å². The number of nitrogens with zero attached hydrogens (tertiary/aromatic N) is 1. The number of rotatable bonds is 7. The van der Waals surface area contributed by atoms with E-state index in [4.69, 9.17) is 4.74 Å². The first kappa shape index (κ1) is 24.4. The van der Waals surface area contributed by atoms with Crippen molar-refractivity contribution in [2.24, 2.45) is 0 Å². The van der Waals surface area contributed by atoms with Crippen molar-refractivity contribution in [2.45, 2.75) is 22.4 Å². The number of alkyl halides is 3. The molecule has 0 radical (unpaired) electrons. The average Bonchev–Trinajstić information content (AvgIpc) is 2.74. The number of aryl methyl sites for hydroxylation is 1. The Bertz CT molecular complexity index is 1260. The van der Waals surface area contributed by atoms with Crippen LogP contribution in [0.3, 0.4) is 0 Å². The molecule has 0 aliphatic rings. The van der Waals surface area contributed by atoms with E-state index < -0.39 is 38.2 Å². The SMILES string of the molecule is COc1ccc(NS(=O)(=O)c2cc(NC(=O)c3cccnc3SC(F)(F)F)ccc2C)cc1. The Morgan fingerprint density at radius 1 is 1.06 bits per heavy atom. The summed E-state index contributed by atoms with van der Waals surface area (Å²) in [7, 11) is -2.54. The number of hydrogen-bond donors (Lipinski definition) is 2. The normalized spacial score (nSPS) is 11.7. The lowest BCUT2D eigenvalue weighted by atomic mass is 10.2. The van der Waals surface area contributed by atoms with Crippen LogP contribution >= 0.6 is 11.8 Å². The summed E-state index contributed by atoms with van der Waals surface area (Å²) >= 11 is -0.507. The number of amides is 1. The molecule has 0 spiro atoms. The van der Waals surface area contributed by atoms with Crippen molar-refractivity contribution < 1.29 is 31.1 Å². The third-order valence-electron chi connectivity index (χ3n) is 4.31. The molecule has 0 fully saturated rings. The number of benzene rings is 2. The van der Waals surface area contributed by atoms with Crippen molar-refractivity contribution >= 4 is 39.1 Å². The maximum atomic E-state index is 12.9. The fraction of sp³-hybridized carbons (Fsp3) is 0.143. The van der Waals surface area contributed by atoms with E-state index in [1.807, 2.05) is 0 Å². The molecule has 0 aliphatic heterocycles. The summed E-state index contributed by atoms with van der Waals surface area (Å²) in [6.45, 7) is 1.58. The van der Waals surface area contributed by atoms with Crippen molar-refractivity contribution in [1.82, 2.24) is 4.98 Å². The van der Waals surface area contributed by atoms with Crippen LogP contribution in [0.1, 0.15) is 15.9 Å². The quantitative estimate of drug-likeness (QED) is 0.443. The van der Waals surface area contributed by atoms with Gasteiger partial charge in [-0.25, -0.2) is 13.4 Å². The van der Waals surface area contributed by atoms with E-state index in [1.54, 1.807) is 19.1 Å². The standard InChI is InChI=1S/C21H18F3N3O4S2/c1-13-5-6-15(26-19(28)17-4-3-11-25-20(17)32-21(22,23)24)12-18(13)33(29,30)27-14-7-9-16(31-2)10-8-14/h3-12,27H,1-2H3,(H,26,28). The molecule has 2 aromatic carbocycles. The van der Waals surface area contributed by atoms with Crippen molar-refractivity contribution in [3.63, 3.8) is 0 Å². The number of anilines is 2. The lowest BCUT2D eigenvalue weighted by molar-refractivity contribution is -0.0329. The molecule has 0 saturated heterocycles. The van der Waals surface area contributed by atoms with Crippen LogP contribution < -0.4 is 14.8 Å². The second-order valence-corrected chi connectivity index (χ2v) is 9.38. The Morgan fingerprint density at radius 3 is 2.36 bits per heavy atom. The van der Waals surface area contributed by atoms with Crippen LogP contribution in [0, 0.1) is 6.92 Å². The maximum absolute atomic E-state index is 12.9. The topological polar surface area (TPSA) is 97.4 Å². The minimum atomic E-state index is -4.62. The van der Waals surface area contributed by atoms with E-state index in [9.17, 15) is 26.4 Å². The third kappa shape index (κ3) is 6.39. The number of ether oxygens (including phenoxy) is 1. The molecule has 174 valence electrons. The van der Waals surface area contributed by atoms with E-state index in [-0.39, 0.29) is 16.1 Å². The van der Waals surface area contributed by atoms with Gasteiger partial charge in [-0.1, -0.05) is 6.07 Å². The molecule has 0 unspecified atom stereocenters. The van der Waals surface area contributed by atoms with Crippen LogP contribution in [0.4, 0.5) is 24.5 Å². The van der Waals surface area contributed by atoms with Gasteiger partial charge in [-0.3, -0.25) is 9.52 Å². The van der Waals surface area contributed by atoms with Gasteiger partial charge >= 0.3 is 5.51 Å². The second-order valence-electron chi connectivity index (χ2n) is 6.67. The van der Waals surface area contributed by atoms with E-state index in [1.165, 1.54) is 49.6 Å². The molecule has 1 heterocycles. The molecular weight excluding hydrogens is 479 g/mol. The summed E-state index contributed by atoms with van der Waals surface area (Å²) in [6.07, 6.45) is 1.15. The van der Waals surface area contributed by atoms with Crippen molar-refractivity contribution in [3.05, 3.63) is 71.9 Å². The van der Waals surface area contributed by atoms with Crippen LogP contribution in [0.15, 0.2) is 70.7 Å². The van der Waals surface area contributed by atoms with E-state index in [0.717, 1.165) is 6.20 Å². The lowest BCUT2D eigenvalue weighted by Crippen LogP contribution is -2.17. The van der Waals surface area contributed by atoms with Crippen molar-refractivity contribution in [3.8, 4) is 5.75 Å². The van der Waals surface area contributed by atoms with Gasteiger partial charge in [0, 0.05) is 29.3 Å². The maximum Gasteiger partial charge on any atom is 0.447 e. The van der Waals surface area contributed by atoms with Gasteiger partial charge in [-0.2, -0.15) is 13.2 Å². The molecule has 7 nitrogen and oxygen atoms in total. The fourth-order valence-corrected chi connectivity index (χ4v) is 4.72. The molecule has 12 heteroatoms. The van der Waals surface area contributed by atoms with Crippen LogP contribution in [0.5, 0.6) is 5.75 Å². The van der Waals surface area contributed by atoms with Gasteiger partial charge in [0.2, 0.25) is 0 Å². The Balaban J connectivity index is 1.85. The number of pyridine rings is 1. The van der Waals surface area contributed by atoms with Gasteiger partial charge in [0.05, 0.1) is 17.6 Å². The molecule has 0 aliphatic carbocycles. The second kappa shape index (κ2) is 9.71. The van der Waals surface area contributed by atoms with Crippen LogP contribution in [0.25, 0.3) is 0 Å². The molecular formula is C21H18F3N3O4S2. The molecule has 0 saturated carbocycles. The number of aromatic nitrogens is 1. The first-order chi connectivity index (χ1) is 15.5. The summed E-state index contributed by atoms with van der Waals surface area (Å²) in [5, 5.41) is 1.92. The lowest BCUT2D eigenvalue weighted by Gasteiger charge is -2.14. The summed E-state index contributed by atoms with van der Waals surface area (Å²) in [4.78, 5) is 16.1. The van der Waals surface area contributed by atoms with Crippen molar-refractivity contribution in [1.29, 1.82) is 0 Å². The number of thioether (sulfide) groups is 1. The third-order valence-corrected chi connectivity index (χ3v) is 6.58. The van der Waals surface area contributed by atoms with Crippen LogP contribution in [0.2, 0.25) is 0 Å². The van der Waals surface area contributed by atoms with Gasteiger partial charge in [0.25, 0.3) is 15.9 Å². The number of methoxy groups -OCH3 is 1. The van der Waals surface area contributed by atoms with Crippen molar-refractivity contribution in [2.75, 3.05) is 17.1 Å². The Kier molecular flexibility index (Phi) is 7.18. The minimum absolute atomic E-state index is 0.0903. The molecule has 33 heavy (non-hydrogen) atoms. The number of hydrogen-bond acceptors (Lipinski definition) is 6. The number of carbonyl (C=O) groups is 1. The molecule has 2 N–H and O–H groups in total.